The molecule has 0 bridgehead atoms. The lowest BCUT2D eigenvalue weighted by Crippen LogP contribution is -2.35. The first-order chi connectivity index (χ1) is 8.34. The number of rotatable bonds is 5. The van der Waals surface area contributed by atoms with Crippen LogP contribution in [0.3, 0.4) is 0 Å². The molecule has 0 atom stereocenters. The Morgan fingerprint density at radius 3 is 2.35 bits per heavy atom. The molecule has 2 saturated carbocycles. The topological polar surface area (TPSA) is 21.3 Å². The largest absolute Gasteiger partial charge is 0.377 e. The van der Waals surface area contributed by atoms with Crippen molar-refractivity contribution in [3.8, 4) is 0 Å². The summed E-state index contributed by atoms with van der Waals surface area (Å²) in [7, 11) is 0. The van der Waals surface area contributed by atoms with Crippen LogP contribution in [0.15, 0.2) is 0 Å². The van der Waals surface area contributed by atoms with Crippen LogP contribution >= 0.6 is 0 Å². The fourth-order valence-corrected chi connectivity index (χ4v) is 3.18. The minimum Gasteiger partial charge on any atom is -0.377 e. The van der Waals surface area contributed by atoms with Crippen molar-refractivity contribution >= 4 is 0 Å². The molecule has 0 unspecified atom stereocenters. The van der Waals surface area contributed by atoms with E-state index >= 15 is 0 Å². The highest BCUT2D eigenvalue weighted by molar-refractivity contribution is 4.75. The summed E-state index contributed by atoms with van der Waals surface area (Å²) < 4.78 is 5.93. The van der Waals surface area contributed by atoms with Gasteiger partial charge in [-0.05, 0) is 44.4 Å². The summed E-state index contributed by atoms with van der Waals surface area (Å²) in [4.78, 5) is 0. The van der Waals surface area contributed by atoms with Gasteiger partial charge in [0.1, 0.15) is 0 Å². The summed E-state index contributed by atoms with van der Waals surface area (Å²) in [6, 6.07) is 0.765. The van der Waals surface area contributed by atoms with E-state index in [1.165, 1.54) is 57.8 Å². The molecular weight excluding hydrogens is 210 g/mol. The van der Waals surface area contributed by atoms with Crippen LogP contribution in [0.5, 0.6) is 0 Å². The van der Waals surface area contributed by atoms with Crippen LogP contribution in [0, 0.1) is 5.92 Å². The smallest absolute Gasteiger partial charge is 0.0594 e. The highest BCUT2D eigenvalue weighted by Gasteiger charge is 2.17. The van der Waals surface area contributed by atoms with Gasteiger partial charge in [-0.25, -0.2) is 0 Å². The second kappa shape index (κ2) is 7.38. The maximum absolute atomic E-state index is 5.93. The normalized spacial score (nSPS) is 31.6. The van der Waals surface area contributed by atoms with Crippen molar-refractivity contribution in [2.24, 2.45) is 5.92 Å². The van der Waals surface area contributed by atoms with E-state index in [0.29, 0.717) is 6.10 Å². The van der Waals surface area contributed by atoms with Gasteiger partial charge in [-0.15, -0.1) is 0 Å². The summed E-state index contributed by atoms with van der Waals surface area (Å²) in [5.74, 6) is 0.950. The first kappa shape index (κ1) is 13.4. The third-order valence-corrected chi connectivity index (χ3v) is 4.46. The lowest BCUT2D eigenvalue weighted by Gasteiger charge is -2.27. The maximum Gasteiger partial charge on any atom is 0.0594 e. The van der Waals surface area contributed by atoms with E-state index in [0.717, 1.165) is 25.1 Å². The number of hydrogen-bond acceptors (Lipinski definition) is 2. The molecule has 1 N–H and O–H groups in total. The second-order valence-electron chi connectivity index (χ2n) is 6.04. The van der Waals surface area contributed by atoms with E-state index in [4.69, 9.17) is 4.74 Å². The summed E-state index contributed by atoms with van der Waals surface area (Å²) in [6.45, 7) is 4.34. The molecule has 0 amide bonds. The summed E-state index contributed by atoms with van der Waals surface area (Å²) in [5.41, 5.74) is 0. The van der Waals surface area contributed by atoms with E-state index < -0.39 is 0 Å². The van der Waals surface area contributed by atoms with Crippen molar-refractivity contribution in [3.05, 3.63) is 0 Å². The molecule has 0 heterocycles. The molecule has 100 valence electrons. The molecule has 2 rings (SSSR count). The fraction of sp³-hybridized carbons (Fsp3) is 1.00. The second-order valence-corrected chi connectivity index (χ2v) is 6.04. The highest BCUT2D eigenvalue weighted by Crippen LogP contribution is 2.23. The van der Waals surface area contributed by atoms with Gasteiger partial charge in [-0.2, -0.15) is 0 Å². The summed E-state index contributed by atoms with van der Waals surface area (Å²) in [5, 5.41) is 3.66. The van der Waals surface area contributed by atoms with Crippen LogP contribution in [0.25, 0.3) is 0 Å². The number of nitrogens with one attached hydrogen (secondary N) is 1. The van der Waals surface area contributed by atoms with Gasteiger partial charge in [0, 0.05) is 12.6 Å². The molecule has 2 aliphatic carbocycles. The molecule has 17 heavy (non-hydrogen) atoms. The Morgan fingerprint density at radius 1 is 0.941 bits per heavy atom. The van der Waals surface area contributed by atoms with Gasteiger partial charge in [0.05, 0.1) is 12.7 Å². The van der Waals surface area contributed by atoms with E-state index in [9.17, 15) is 0 Å². The monoisotopic (exact) mass is 239 g/mol. The Kier molecular flexibility index (Phi) is 5.79. The first-order valence-corrected chi connectivity index (χ1v) is 7.69. The van der Waals surface area contributed by atoms with Crippen LogP contribution in [0.1, 0.15) is 64.7 Å². The molecule has 0 aromatic rings. The van der Waals surface area contributed by atoms with Gasteiger partial charge in [-0.1, -0.05) is 26.2 Å². The van der Waals surface area contributed by atoms with Crippen LogP contribution in [0.4, 0.5) is 0 Å². The Morgan fingerprint density at radius 2 is 1.65 bits per heavy atom. The zero-order chi connectivity index (χ0) is 11.9. The zero-order valence-electron chi connectivity index (χ0n) is 11.4. The van der Waals surface area contributed by atoms with Gasteiger partial charge in [0.25, 0.3) is 0 Å². The molecule has 2 aliphatic rings. The first-order valence-electron chi connectivity index (χ1n) is 7.69. The van der Waals surface area contributed by atoms with Gasteiger partial charge in [0.15, 0.2) is 0 Å². The van der Waals surface area contributed by atoms with Crippen molar-refractivity contribution in [1.82, 2.24) is 5.32 Å². The molecule has 0 spiro atoms. The van der Waals surface area contributed by atoms with Crippen molar-refractivity contribution in [2.75, 3.05) is 13.2 Å². The molecule has 0 aromatic heterocycles. The molecule has 2 heteroatoms. The maximum atomic E-state index is 5.93. The van der Waals surface area contributed by atoms with Gasteiger partial charge in [-0.3, -0.25) is 0 Å². The van der Waals surface area contributed by atoms with Gasteiger partial charge < -0.3 is 10.1 Å². The lowest BCUT2D eigenvalue weighted by molar-refractivity contribution is 0.0288. The predicted octanol–water partition coefficient (Wildman–Crippen LogP) is 3.50. The van der Waals surface area contributed by atoms with Crippen molar-refractivity contribution in [1.29, 1.82) is 0 Å². The Bertz CT molecular complexity index is 193. The van der Waals surface area contributed by atoms with Crippen LogP contribution in [-0.2, 0) is 4.74 Å². The van der Waals surface area contributed by atoms with E-state index in [1.54, 1.807) is 0 Å². The van der Waals surface area contributed by atoms with Crippen LogP contribution in [-0.4, -0.2) is 25.3 Å². The molecule has 2 nitrogen and oxygen atoms in total. The van der Waals surface area contributed by atoms with E-state index in [1.807, 2.05) is 0 Å². The Balaban J connectivity index is 1.48. The molecule has 0 saturated heterocycles. The fourth-order valence-electron chi connectivity index (χ4n) is 3.18. The summed E-state index contributed by atoms with van der Waals surface area (Å²) in [6.07, 6.45) is 12.9. The van der Waals surface area contributed by atoms with Crippen molar-refractivity contribution < 1.29 is 4.74 Å². The Labute approximate surface area is 107 Å². The highest BCUT2D eigenvalue weighted by atomic mass is 16.5. The number of ether oxygens (including phenoxy) is 1. The van der Waals surface area contributed by atoms with Crippen molar-refractivity contribution in [3.63, 3.8) is 0 Å². The van der Waals surface area contributed by atoms with E-state index in [2.05, 4.69) is 12.2 Å². The van der Waals surface area contributed by atoms with Crippen LogP contribution < -0.4 is 5.32 Å². The Hall–Kier alpha value is -0.0800. The average Bonchev–Trinajstić information content (AvgIpc) is 2.38. The zero-order valence-corrected chi connectivity index (χ0v) is 11.4. The van der Waals surface area contributed by atoms with Gasteiger partial charge in [0.2, 0.25) is 0 Å². The third kappa shape index (κ3) is 4.97. The average molecular weight is 239 g/mol. The molecule has 2 fully saturated rings. The molecule has 0 radical (unpaired) electrons. The molecular formula is C15H29NO. The number of hydrogen-bond donors (Lipinski definition) is 1. The van der Waals surface area contributed by atoms with Gasteiger partial charge >= 0.3 is 0 Å². The lowest BCUT2D eigenvalue weighted by atomic mass is 9.87. The standard InChI is InChI=1S/C15H29NO/c1-13-7-9-14(10-8-13)16-11-12-17-15-5-3-2-4-6-15/h13-16H,2-12H2,1H3/t13-,14-. The van der Waals surface area contributed by atoms with E-state index in [-0.39, 0.29) is 0 Å². The quantitative estimate of drug-likeness (QED) is 0.741. The minimum absolute atomic E-state index is 0.567. The minimum atomic E-state index is 0.567. The summed E-state index contributed by atoms with van der Waals surface area (Å²) >= 11 is 0. The third-order valence-electron chi connectivity index (χ3n) is 4.46. The van der Waals surface area contributed by atoms with Crippen LogP contribution in [0.2, 0.25) is 0 Å². The SMILES string of the molecule is C[C@H]1CC[C@H](NCCOC2CCCCC2)CC1. The molecule has 0 aliphatic heterocycles. The van der Waals surface area contributed by atoms with Crippen molar-refractivity contribution in [2.45, 2.75) is 76.9 Å². The predicted molar refractivity (Wildman–Crippen MR) is 72.2 cm³/mol. The molecule has 0 aromatic carbocycles.